The summed E-state index contributed by atoms with van der Waals surface area (Å²) in [5, 5.41) is 30.9. The Balaban J connectivity index is 1.54. The minimum Gasteiger partial charge on any atom is -0.488 e. The van der Waals surface area contributed by atoms with Crippen molar-refractivity contribution in [3.63, 3.8) is 0 Å². The highest BCUT2D eigenvalue weighted by Gasteiger charge is 2.24. The summed E-state index contributed by atoms with van der Waals surface area (Å²) in [6.07, 6.45) is 0. The highest BCUT2D eigenvalue weighted by atomic mass is 79.9. The molecule has 0 aliphatic rings. The first kappa shape index (κ1) is 26.3. The van der Waals surface area contributed by atoms with E-state index in [4.69, 9.17) is 4.74 Å². The first-order chi connectivity index (χ1) is 17.7. The first-order valence-electron chi connectivity index (χ1n) is 11.1. The molecule has 0 radical (unpaired) electrons. The molecular weight excluding hydrogens is 562 g/mol. The third kappa shape index (κ3) is 6.52. The molecule has 0 aliphatic heterocycles. The van der Waals surface area contributed by atoms with Crippen LogP contribution in [0.4, 0.5) is 5.69 Å². The lowest BCUT2D eigenvalue weighted by atomic mass is 10.1. The Hall–Kier alpha value is -3.77. The zero-order valence-electron chi connectivity index (χ0n) is 19.9. The molecule has 0 fully saturated rings. The van der Waals surface area contributed by atoms with E-state index in [0.717, 1.165) is 22.4 Å². The summed E-state index contributed by atoms with van der Waals surface area (Å²) in [6, 6.07) is 19.3. The molecule has 1 aromatic heterocycles. The van der Waals surface area contributed by atoms with Gasteiger partial charge in [-0.05, 0) is 82.9 Å². The number of nitro benzene ring substituents is 1. The molecule has 0 bridgehead atoms. The van der Waals surface area contributed by atoms with Gasteiger partial charge in [0.2, 0.25) is 6.54 Å². The van der Waals surface area contributed by atoms with E-state index in [-0.39, 0.29) is 23.8 Å². The normalized spacial score (nSPS) is 11.8. The van der Waals surface area contributed by atoms with Crippen molar-refractivity contribution in [3.8, 4) is 11.4 Å². The Labute approximate surface area is 225 Å². The van der Waals surface area contributed by atoms with Gasteiger partial charge >= 0.3 is 0 Å². The Kier molecular flexibility index (Phi) is 8.19. The van der Waals surface area contributed by atoms with Crippen LogP contribution in [0.5, 0.6) is 5.75 Å². The lowest BCUT2D eigenvalue weighted by Crippen LogP contribution is -2.11. The average Bonchev–Trinajstić information content (AvgIpc) is 3.22. The van der Waals surface area contributed by atoms with Gasteiger partial charge in [-0.3, -0.25) is 24.8 Å². The third-order valence-electron chi connectivity index (χ3n) is 5.49. The molecule has 0 amide bonds. The molecule has 0 aliphatic carbocycles. The molecule has 0 saturated carbocycles. The van der Waals surface area contributed by atoms with Gasteiger partial charge in [-0.1, -0.05) is 30.0 Å². The second-order valence-electron chi connectivity index (χ2n) is 8.23. The van der Waals surface area contributed by atoms with Gasteiger partial charge in [-0.15, -0.1) is 10.2 Å². The van der Waals surface area contributed by atoms with E-state index < -0.39 is 10.2 Å². The topological polar surface area (TPSA) is 126 Å². The Bertz CT molecular complexity index is 1440. The molecular formula is C25H22BrN5O5S. The summed E-state index contributed by atoms with van der Waals surface area (Å²) >= 11 is 4.79. The smallest absolute Gasteiger partial charge is 0.269 e. The number of halogens is 1. The number of nitrogens with zero attached hydrogens (tertiary/aromatic N) is 5. The number of thioether (sulfide) groups is 1. The van der Waals surface area contributed by atoms with Gasteiger partial charge in [-0.2, -0.15) is 0 Å². The van der Waals surface area contributed by atoms with Crippen LogP contribution >= 0.6 is 27.7 Å². The van der Waals surface area contributed by atoms with Crippen LogP contribution < -0.4 is 4.74 Å². The lowest BCUT2D eigenvalue weighted by molar-refractivity contribution is -0.479. The van der Waals surface area contributed by atoms with E-state index in [9.17, 15) is 20.2 Å². The van der Waals surface area contributed by atoms with Crippen LogP contribution in [0.3, 0.4) is 0 Å². The third-order valence-corrected chi connectivity index (χ3v) is 7.29. The van der Waals surface area contributed by atoms with E-state index in [1.807, 2.05) is 42.7 Å². The van der Waals surface area contributed by atoms with Crippen LogP contribution in [0.1, 0.15) is 27.8 Å². The number of non-ortho nitro benzene ring substituents is 1. The molecule has 12 heteroatoms. The Morgan fingerprint density at radius 2 is 1.78 bits per heavy atom. The number of rotatable bonds is 10. The molecule has 4 aromatic rings. The van der Waals surface area contributed by atoms with Crippen LogP contribution in [0.25, 0.3) is 5.69 Å². The second-order valence-corrected chi connectivity index (χ2v) is 10.3. The van der Waals surface area contributed by atoms with Crippen molar-refractivity contribution in [2.24, 2.45) is 0 Å². The minimum absolute atomic E-state index is 0.0111. The fourth-order valence-electron chi connectivity index (χ4n) is 3.67. The standard InChI is InChI=1S/C25H22BrN5O5S/c1-16-4-3-5-21(12-16)30-17(2)27-28-25(30)37-24(14-29(32)33)19-8-11-23(22(26)13-19)36-15-18-6-9-20(10-7-18)31(34)35/h3-13,24H,14-15H2,1-2H3/t24-/m0/s1. The number of aryl methyl sites for hydroxylation is 2. The summed E-state index contributed by atoms with van der Waals surface area (Å²) in [7, 11) is 0. The van der Waals surface area contributed by atoms with E-state index in [0.29, 0.717) is 21.2 Å². The maximum Gasteiger partial charge on any atom is 0.269 e. The van der Waals surface area contributed by atoms with Crippen LogP contribution in [0.15, 0.2) is 76.4 Å². The molecule has 190 valence electrons. The number of aromatic nitrogens is 3. The predicted molar refractivity (Wildman–Crippen MR) is 143 cm³/mol. The summed E-state index contributed by atoms with van der Waals surface area (Å²) in [4.78, 5) is 21.6. The zero-order valence-corrected chi connectivity index (χ0v) is 22.3. The number of hydrogen-bond acceptors (Lipinski definition) is 8. The molecule has 1 heterocycles. The van der Waals surface area contributed by atoms with Crippen molar-refractivity contribution in [1.29, 1.82) is 0 Å². The van der Waals surface area contributed by atoms with Crippen LogP contribution in [-0.2, 0) is 6.61 Å². The van der Waals surface area contributed by atoms with Crippen molar-refractivity contribution < 1.29 is 14.6 Å². The summed E-state index contributed by atoms with van der Waals surface area (Å²) in [5.41, 5.74) is 3.48. The van der Waals surface area contributed by atoms with Gasteiger partial charge in [-0.25, -0.2) is 0 Å². The predicted octanol–water partition coefficient (Wildman–Crippen LogP) is 6.24. The van der Waals surface area contributed by atoms with Crippen molar-refractivity contribution in [2.45, 2.75) is 30.9 Å². The van der Waals surface area contributed by atoms with Gasteiger partial charge in [0.1, 0.15) is 23.4 Å². The zero-order chi connectivity index (χ0) is 26.5. The van der Waals surface area contributed by atoms with E-state index in [1.165, 1.54) is 23.9 Å². The fourth-order valence-corrected chi connectivity index (χ4v) is 5.34. The van der Waals surface area contributed by atoms with Gasteiger partial charge in [0.25, 0.3) is 5.69 Å². The maximum atomic E-state index is 11.5. The van der Waals surface area contributed by atoms with Gasteiger partial charge in [0.15, 0.2) is 5.16 Å². The van der Waals surface area contributed by atoms with Gasteiger partial charge < -0.3 is 4.74 Å². The SMILES string of the molecule is Cc1cccc(-n2c(C)nnc2S[C@@H](C[N+](=O)[O-])c2ccc(OCc3ccc([N+](=O)[O-])cc3)c(Br)c2)c1. The fraction of sp³-hybridized carbons (Fsp3) is 0.200. The molecule has 0 spiro atoms. The molecule has 0 unspecified atom stereocenters. The maximum absolute atomic E-state index is 11.5. The largest absolute Gasteiger partial charge is 0.488 e. The number of benzene rings is 3. The molecule has 4 rings (SSSR count). The molecule has 0 saturated heterocycles. The van der Waals surface area contributed by atoms with Crippen molar-refractivity contribution >= 4 is 33.4 Å². The van der Waals surface area contributed by atoms with E-state index in [2.05, 4.69) is 26.1 Å². The number of hydrogen-bond donors (Lipinski definition) is 0. The summed E-state index contributed by atoms with van der Waals surface area (Å²) < 4.78 is 8.39. The molecule has 0 N–H and O–H groups in total. The Morgan fingerprint density at radius 3 is 2.43 bits per heavy atom. The van der Waals surface area contributed by atoms with Gasteiger partial charge in [0, 0.05) is 22.7 Å². The van der Waals surface area contributed by atoms with Crippen molar-refractivity contribution in [2.75, 3.05) is 6.54 Å². The Morgan fingerprint density at radius 1 is 1.03 bits per heavy atom. The number of nitro groups is 2. The minimum atomic E-state index is -0.526. The molecule has 3 aromatic carbocycles. The highest BCUT2D eigenvalue weighted by Crippen LogP contribution is 2.39. The van der Waals surface area contributed by atoms with Crippen molar-refractivity contribution in [3.05, 3.63) is 114 Å². The second kappa shape index (κ2) is 11.5. The highest BCUT2D eigenvalue weighted by molar-refractivity contribution is 9.10. The number of ether oxygens (including phenoxy) is 1. The van der Waals surface area contributed by atoms with Crippen LogP contribution in [0.2, 0.25) is 0 Å². The molecule has 1 atom stereocenters. The monoisotopic (exact) mass is 583 g/mol. The summed E-state index contributed by atoms with van der Waals surface area (Å²) in [5.74, 6) is 1.23. The van der Waals surface area contributed by atoms with E-state index in [1.54, 1.807) is 30.3 Å². The van der Waals surface area contributed by atoms with Crippen LogP contribution in [0, 0.1) is 34.1 Å². The molecule has 37 heavy (non-hydrogen) atoms. The first-order valence-corrected chi connectivity index (χ1v) is 12.8. The lowest BCUT2D eigenvalue weighted by Gasteiger charge is -2.16. The van der Waals surface area contributed by atoms with E-state index >= 15 is 0 Å². The average molecular weight is 584 g/mol. The molecule has 10 nitrogen and oxygen atoms in total. The quantitative estimate of drug-likeness (QED) is 0.122. The summed E-state index contributed by atoms with van der Waals surface area (Å²) in [6.45, 7) is 3.74. The van der Waals surface area contributed by atoms with Crippen LogP contribution in [-0.4, -0.2) is 31.2 Å². The van der Waals surface area contributed by atoms with Gasteiger partial charge in [0.05, 0.1) is 9.40 Å². The van der Waals surface area contributed by atoms with Crippen molar-refractivity contribution in [1.82, 2.24) is 14.8 Å².